The van der Waals surface area contributed by atoms with Gasteiger partial charge in [-0.15, -0.1) is 0 Å². The molecule has 2 heterocycles. The fourth-order valence-corrected chi connectivity index (χ4v) is 4.21. The van der Waals surface area contributed by atoms with E-state index in [9.17, 15) is 0 Å². The summed E-state index contributed by atoms with van der Waals surface area (Å²) in [5.74, 6) is 0.0190. The number of nitrogens with one attached hydrogen (secondary N) is 1. The number of hydrogen-bond acceptors (Lipinski definition) is 6. The summed E-state index contributed by atoms with van der Waals surface area (Å²) < 4.78 is 20.7. The first-order valence-electron chi connectivity index (χ1n) is 11.3. The molecule has 1 N–H and O–H groups in total. The third kappa shape index (κ3) is 6.55. The molecule has 2 atom stereocenters. The Labute approximate surface area is 210 Å². The molecule has 2 aromatic carbocycles. The van der Waals surface area contributed by atoms with E-state index in [1.807, 2.05) is 66.2 Å². The van der Waals surface area contributed by atoms with Gasteiger partial charge in [-0.2, -0.15) is 0 Å². The number of hydrazine groups is 1. The Morgan fingerprint density at radius 1 is 1.26 bits per heavy atom. The minimum atomic E-state index is -0.746. The minimum Gasteiger partial charge on any atom is -0.491 e. The molecule has 1 saturated heterocycles. The molecule has 0 unspecified atom stereocenters. The molecule has 1 aliphatic rings. The second-order valence-corrected chi connectivity index (χ2v) is 8.76. The monoisotopic (exact) mass is 500 g/mol. The second kappa shape index (κ2) is 11.8. The highest BCUT2D eigenvalue weighted by atomic mass is 35.5. The predicted octanol–water partition coefficient (Wildman–Crippen LogP) is 4.65. The van der Waals surface area contributed by atoms with Gasteiger partial charge in [-0.05, 0) is 48.4 Å². The Balaban J connectivity index is 1.36. The van der Waals surface area contributed by atoms with Crippen LogP contribution in [0.5, 0.6) is 5.75 Å². The van der Waals surface area contributed by atoms with Gasteiger partial charge in [0.15, 0.2) is 5.79 Å². The molecule has 0 spiro atoms. The van der Waals surface area contributed by atoms with E-state index in [2.05, 4.69) is 10.4 Å². The van der Waals surface area contributed by atoms with Crippen LogP contribution < -0.4 is 15.2 Å². The highest BCUT2D eigenvalue weighted by molar-refractivity contribution is 7.79. The molecule has 180 valence electrons. The lowest BCUT2D eigenvalue weighted by Crippen LogP contribution is -2.37. The van der Waals surface area contributed by atoms with Crippen LogP contribution >= 0.6 is 23.8 Å². The third-order valence-electron chi connectivity index (χ3n) is 5.59. The first-order chi connectivity index (χ1) is 16.6. The lowest BCUT2D eigenvalue weighted by atomic mass is 10.0. The summed E-state index contributed by atoms with van der Waals surface area (Å²) in [4.78, 5) is 4.15. The SMILES string of the molecule is CCNN(C=S)c1ccc(OC[C@@H]2CO[C@](CCc3ccc(Cl)cc3)(Cn3ccnc3)O2)cc1. The first-order valence-corrected chi connectivity index (χ1v) is 12.2. The summed E-state index contributed by atoms with van der Waals surface area (Å²) in [6.07, 6.45) is 6.79. The number of imidazole rings is 1. The van der Waals surface area contributed by atoms with Crippen molar-refractivity contribution in [3.8, 4) is 5.75 Å². The third-order valence-corrected chi connectivity index (χ3v) is 6.05. The molecule has 1 fully saturated rings. The van der Waals surface area contributed by atoms with Crippen molar-refractivity contribution in [2.75, 3.05) is 24.8 Å². The highest BCUT2D eigenvalue weighted by Gasteiger charge is 2.42. The van der Waals surface area contributed by atoms with Gasteiger partial charge in [-0.25, -0.2) is 10.4 Å². The van der Waals surface area contributed by atoms with Crippen LogP contribution in [-0.2, 0) is 22.4 Å². The lowest BCUT2D eigenvalue weighted by molar-refractivity contribution is -0.184. The van der Waals surface area contributed by atoms with E-state index in [4.69, 9.17) is 38.0 Å². The van der Waals surface area contributed by atoms with Crippen molar-refractivity contribution in [1.82, 2.24) is 15.0 Å². The van der Waals surface area contributed by atoms with Crippen molar-refractivity contribution < 1.29 is 14.2 Å². The number of anilines is 1. The van der Waals surface area contributed by atoms with Crippen molar-refractivity contribution in [2.24, 2.45) is 0 Å². The van der Waals surface area contributed by atoms with E-state index in [1.165, 1.54) is 5.56 Å². The molecule has 0 aliphatic carbocycles. The maximum atomic E-state index is 6.44. The predicted molar refractivity (Wildman–Crippen MR) is 137 cm³/mol. The van der Waals surface area contributed by atoms with Crippen LogP contribution in [0, 0.1) is 0 Å². The molecule has 0 saturated carbocycles. The van der Waals surface area contributed by atoms with Crippen LogP contribution in [0.15, 0.2) is 67.3 Å². The molecular weight excluding hydrogens is 472 g/mol. The topological polar surface area (TPSA) is 60.8 Å². The summed E-state index contributed by atoms with van der Waals surface area (Å²) in [7, 11) is 0. The Bertz CT molecular complexity index is 1030. The summed E-state index contributed by atoms with van der Waals surface area (Å²) >= 11 is 11.1. The van der Waals surface area contributed by atoms with Gasteiger partial charge in [0, 0.05) is 30.4 Å². The fraction of sp³-hybridized carbons (Fsp3) is 0.360. The molecule has 0 radical (unpaired) electrons. The van der Waals surface area contributed by atoms with Gasteiger partial charge in [-0.1, -0.05) is 42.9 Å². The molecule has 1 aliphatic heterocycles. The standard InChI is InChI=1S/C25H29ClN4O3S/c1-2-28-30(19-34)22-7-9-23(10-8-22)31-15-24-16-32-25(33-24,17-29-14-13-27-18-29)12-11-20-3-5-21(26)6-4-20/h3-10,13-14,18-19,24,28H,2,11-12,15-17H2,1H3/t24-,25+/m1/s1. The first kappa shape index (κ1) is 24.6. The Morgan fingerprint density at radius 3 is 2.74 bits per heavy atom. The normalized spacial score (nSPS) is 19.8. The van der Waals surface area contributed by atoms with Crippen molar-refractivity contribution in [3.63, 3.8) is 0 Å². The van der Waals surface area contributed by atoms with Crippen LogP contribution in [0.3, 0.4) is 0 Å². The fourth-order valence-electron chi connectivity index (χ4n) is 3.89. The number of thiocarbonyl (C=S) groups is 1. The average Bonchev–Trinajstić information content (AvgIpc) is 3.52. The Kier molecular flexibility index (Phi) is 8.53. The van der Waals surface area contributed by atoms with E-state index in [1.54, 1.807) is 23.0 Å². The van der Waals surface area contributed by atoms with Gasteiger partial charge in [0.1, 0.15) is 18.5 Å². The quantitative estimate of drug-likeness (QED) is 0.287. The highest BCUT2D eigenvalue weighted by Crippen LogP contribution is 2.31. The molecule has 3 aromatic rings. The zero-order valence-corrected chi connectivity index (χ0v) is 20.7. The number of aromatic nitrogens is 2. The van der Waals surface area contributed by atoms with Gasteiger partial charge < -0.3 is 18.8 Å². The number of halogens is 1. The van der Waals surface area contributed by atoms with Crippen molar-refractivity contribution >= 4 is 35.0 Å². The molecule has 7 nitrogen and oxygen atoms in total. The van der Waals surface area contributed by atoms with Gasteiger partial charge in [0.2, 0.25) is 0 Å². The molecule has 1 aromatic heterocycles. The van der Waals surface area contributed by atoms with E-state index in [0.29, 0.717) is 26.2 Å². The van der Waals surface area contributed by atoms with Gasteiger partial charge in [-0.3, -0.25) is 5.01 Å². The largest absolute Gasteiger partial charge is 0.491 e. The van der Waals surface area contributed by atoms with Crippen molar-refractivity contribution in [2.45, 2.75) is 38.2 Å². The number of aryl methyl sites for hydroxylation is 1. The van der Waals surface area contributed by atoms with Gasteiger partial charge in [0.25, 0.3) is 0 Å². The average molecular weight is 501 g/mol. The molecule has 0 bridgehead atoms. The van der Waals surface area contributed by atoms with Crippen LogP contribution in [0.4, 0.5) is 5.69 Å². The maximum absolute atomic E-state index is 6.44. The summed E-state index contributed by atoms with van der Waals surface area (Å²) in [6, 6.07) is 15.6. The van der Waals surface area contributed by atoms with Crippen molar-refractivity contribution in [1.29, 1.82) is 0 Å². The van der Waals surface area contributed by atoms with Gasteiger partial charge in [0.05, 0.1) is 30.7 Å². The van der Waals surface area contributed by atoms with E-state index < -0.39 is 5.79 Å². The summed E-state index contributed by atoms with van der Waals surface area (Å²) in [6.45, 7) is 4.23. The lowest BCUT2D eigenvalue weighted by Gasteiger charge is -2.28. The second-order valence-electron chi connectivity index (χ2n) is 8.12. The minimum absolute atomic E-state index is 0.173. The number of hydrogen-bond donors (Lipinski definition) is 1. The van der Waals surface area contributed by atoms with Crippen LogP contribution in [0.2, 0.25) is 5.02 Å². The molecule has 0 amide bonds. The zero-order valence-electron chi connectivity index (χ0n) is 19.1. The van der Waals surface area contributed by atoms with Gasteiger partial charge >= 0.3 is 0 Å². The maximum Gasteiger partial charge on any atom is 0.187 e. The number of ether oxygens (including phenoxy) is 3. The number of nitrogens with zero attached hydrogens (tertiary/aromatic N) is 3. The number of benzene rings is 2. The van der Waals surface area contributed by atoms with Crippen LogP contribution in [0.1, 0.15) is 18.9 Å². The van der Waals surface area contributed by atoms with E-state index >= 15 is 0 Å². The van der Waals surface area contributed by atoms with E-state index in [0.717, 1.165) is 29.4 Å². The number of rotatable bonds is 12. The van der Waals surface area contributed by atoms with E-state index in [-0.39, 0.29) is 6.10 Å². The molecule has 34 heavy (non-hydrogen) atoms. The van der Waals surface area contributed by atoms with Crippen LogP contribution in [0.25, 0.3) is 0 Å². The van der Waals surface area contributed by atoms with Crippen LogP contribution in [-0.4, -0.2) is 46.7 Å². The Morgan fingerprint density at radius 2 is 2.06 bits per heavy atom. The molecule has 9 heteroatoms. The Hall–Kier alpha value is -2.49. The summed E-state index contributed by atoms with van der Waals surface area (Å²) in [5.41, 5.74) is 6.89. The molecule has 4 rings (SSSR count). The zero-order chi connectivity index (χ0) is 23.8. The summed E-state index contributed by atoms with van der Waals surface area (Å²) in [5, 5.41) is 2.53. The molecular formula is C25H29ClN4O3S. The smallest absolute Gasteiger partial charge is 0.187 e. The van der Waals surface area contributed by atoms with Crippen molar-refractivity contribution in [3.05, 3.63) is 77.8 Å².